The van der Waals surface area contributed by atoms with Gasteiger partial charge in [0.2, 0.25) is 0 Å². The number of ether oxygens (including phenoxy) is 1. The molecule has 0 atom stereocenters. The van der Waals surface area contributed by atoms with Gasteiger partial charge in [-0.05, 0) is 16.7 Å². The number of H-pyrrole nitrogens is 1. The molecule has 1 heterocycles. The van der Waals surface area contributed by atoms with Gasteiger partial charge in [0.25, 0.3) is 5.56 Å². The number of allylic oxidation sites excluding steroid dienone is 1. The lowest BCUT2D eigenvalue weighted by Gasteiger charge is -2.35. The number of aromatic nitrogens is 2. The van der Waals surface area contributed by atoms with Crippen LogP contribution in [0.2, 0.25) is 0 Å². The van der Waals surface area contributed by atoms with Crippen molar-refractivity contribution in [2.45, 2.75) is 12.1 Å². The van der Waals surface area contributed by atoms with Crippen LogP contribution in [0.15, 0.2) is 125 Å². The predicted molar refractivity (Wildman–Crippen MR) is 126 cm³/mol. The molecule has 32 heavy (non-hydrogen) atoms. The van der Waals surface area contributed by atoms with E-state index in [1.165, 1.54) is 16.8 Å². The molecule has 5 heteroatoms. The van der Waals surface area contributed by atoms with Gasteiger partial charge in [-0.15, -0.1) is 0 Å². The van der Waals surface area contributed by atoms with Gasteiger partial charge in [-0.3, -0.25) is 14.3 Å². The molecule has 0 amide bonds. The lowest BCUT2D eigenvalue weighted by atomic mass is 9.80. The number of hydrogen-bond donors (Lipinski definition) is 1. The highest BCUT2D eigenvalue weighted by Crippen LogP contribution is 2.40. The number of hydrogen-bond acceptors (Lipinski definition) is 3. The van der Waals surface area contributed by atoms with Crippen LogP contribution in [-0.2, 0) is 16.9 Å². The molecule has 160 valence electrons. The molecule has 0 fully saturated rings. The lowest BCUT2D eigenvalue weighted by Crippen LogP contribution is -2.33. The Balaban J connectivity index is 1.66. The zero-order chi connectivity index (χ0) is 22.2. The minimum Gasteiger partial charge on any atom is -0.357 e. The monoisotopic (exact) mass is 424 g/mol. The van der Waals surface area contributed by atoms with Gasteiger partial charge in [-0.1, -0.05) is 103 Å². The van der Waals surface area contributed by atoms with Gasteiger partial charge in [-0.2, -0.15) is 0 Å². The molecule has 0 aliphatic heterocycles. The largest absolute Gasteiger partial charge is 0.357 e. The quantitative estimate of drug-likeness (QED) is 0.342. The highest BCUT2D eigenvalue weighted by atomic mass is 16.5. The molecule has 4 rings (SSSR count). The second kappa shape index (κ2) is 9.90. The fourth-order valence-electron chi connectivity index (χ4n) is 3.79. The first-order valence-electron chi connectivity index (χ1n) is 10.5. The number of nitrogens with zero attached hydrogens (tertiary/aromatic N) is 1. The average molecular weight is 425 g/mol. The van der Waals surface area contributed by atoms with E-state index in [9.17, 15) is 9.59 Å². The smallest absolute Gasteiger partial charge is 0.328 e. The van der Waals surface area contributed by atoms with Gasteiger partial charge in [0, 0.05) is 18.8 Å². The van der Waals surface area contributed by atoms with Crippen molar-refractivity contribution in [2.75, 3.05) is 6.61 Å². The molecule has 0 spiro atoms. The molecule has 0 radical (unpaired) electrons. The van der Waals surface area contributed by atoms with E-state index in [4.69, 9.17) is 4.74 Å². The maximum absolute atomic E-state index is 11.9. The number of benzene rings is 3. The second-order valence-electron chi connectivity index (χ2n) is 7.32. The van der Waals surface area contributed by atoms with E-state index in [0.717, 1.165) is 16.7 Å². The summed E-state index contributed by atoms with van der Waals surface area (Å²) in [6.07, 6.45) is 5.22. The number of nitrogens with one attached hydrogen (secondary N) is 1. The van der Waals surface area contributed by atoms with E-state index in [1.54, 1.807) is 0 Å². The SMILES string of the molecule is O=c1ccn(CC=CCOC(c2ccccc2)(c2ccccc2)c2ccccc2)c(=O)[nH]1. The Morgan fingerprint density at radius 3 is 1.69 bits per heavy atom. The van der Waals surface area contributed by atoms with Crippen molar-refractivity contribution in [3.63, 3.8) is 0 Å². The van der Waals surface area contributed by atoms with Crippen molar-refractivity contribution in [3.05, 3.63) is 153 Å². The van der Waals surface area contributed by atoms with Crippen LogP contribution >= 0.6 is 0 Å². The van der Waals surface area contributed by atoms with Crippen LogP contribution < -0.4 is 11.2 Å². The molecule has 0 saturated carbocycles. The maximum Gasteiger partial charge on any atom is 0.328 e. The highest BCUT2D eigenvalue weighted by molar-refractivity contribution is 5.47. The molecule has 0 saturated heterocycles. The molecular weight excluding hydrogens is 400 g/mol. The summed E-state index contributed by atoms with van der Waals surface area (Å²) in [6.45, 7) is 0.671. The standard InChI is InChI=1S/C27H24N2O3/c30-25-18-20-29(26(31)28-25)19-10-11-21-32-27(22-12-4-1-5-13-22,23-14-6-2-7-15-23)24-16-8-3-9-17-24/h1-18,20H,19,21H2,(H,28,30,31). The summed E-state index contributed by atoms with van der Waals surface area (Å²) in [4.78, 5) is 25.3. The third-order valence-electron chi connectivity index (χ3n) is 5.30. The first-order valence-corrected chi connectivity index (χ1v) is 10.5. The van der Waals surface area contributed by atoms with Gasteiger partial charge in [0.1, 0.15) is 5.60 Å². The van der Waals surface area contributed by atoms with Crippen molar-refractivity contribution < 1.29 is 4.74 Å². The molecule has 0 bridgehead atoms. The van der Waals surface area contributed by atoms with Crippen molar-refractivity contribution in [2.24, 2.45) is 0 Å². The summed E-state index contributed by atoms with van der Waals surface area (Å²) < 4.78 is 8.07. The van der Waals surface area contributed by atoms with Crippen LogP contribution in [0.25, 0.3) is 0 Å². The van der Waals surface area contributed by atoms with Gasteiger partial charge in [0.05, 0.1) is 6.61 Å². The van der Waals surface area contributed by atoms with Gasteiger partial charge < -0.3 is 4.74 Å². The molecule has 0 aliphatic rings. The third-order valence-corrected chi connectivity index (χ3v) is 5.30. The second-order valence-corrected chi connectivity index (χ2v) is 7.32. The van der Waals surface area contributed by atoms with Crippen LogP contribution in [0.3, 0.4) is 0 Å². The molecular formula is C27H24N2O3. The summed E-state index contributed by atoms with van der Waals surface area (Å²) in [5.41, 5.74) is 1.46. The van der Waals surface area contributed by atoms with Gasteiger partial charge in [-0.25, -0.2) is 4.79 Å². The molecule has 4 aromatic rings. The summed E-state index contributed by atoms with van der Waals surface area (Å²) in [5, 5.41) is 0. The van der Waals surface area contributed by atoms with Crippen LogP contribution in [0.4, 0.5) is 0 Å². The number of aromatic amines is 1. The molecule has 1 N–H and O–H groups in total. The van der Waals surface area contributed by atoms with Crippen LogP contribution in [0.5, 0.6) is 0 Å². The fourth-order valence-corrected chi connectivity index (χ4v) is 3.79. The lowest BCUT2D eigenvalue weighted by molar-refractivity contribution is 0.0318. The molecule has 0 aliphatic carbocycles. The molecule has 5 nitrogen and oxygen atoms in total. The minimum absolute atomic E-state index is 0.330. The first-order chi connectivity index (χ1) is 15.7. The fraction of sp³-hybridized carbons (Fsp3) is 0.111. The van der Waals surface area contributed by atoms with E-state index in [1.807, 2.05) is 66.7 Å². The minimum atomic E-state index is -0.789. The summed E-state index contributed by atoms with van der Waals surface area (Å²) >= 11 is 0. The molecule has 0 unspecified atom stereocenters. The van der Waals surface area contributed by atoms with Crippen LogP contribution in [0.1, 0.15) is 16.7 Å². The van der Waals surface area contributed by atoms with E-state index in [-0.39, 0.29) is 0 Å². The molecule has 3 aromatic carbocycles. The normalized spacial score (nSPS) is 11.6. The van der Waals surface area contributed by atoms with E-state index < -0.39 is 16.9 Å². The number of rotatable bonds is 8. The predicted octanol–water partition coefficient (Wildman–Crippen LogP) is 4.10. The Labute approximate surface area is 186 Å². The zero-order valence-electron chi connectivity index (χ0n) is 17.6. The maximum atomic E-state index is 11.9. The Morgan fingerprint density at radius 1 is 0.719 bits per heavy atom. The van der Waals surface area contributed by atoms with Crippen molar-refractivity contribution in [3.8, 4) is 0 Å². The van der Waals surface area contributed by atoms with Gasteiger partial charge in [0.15, 0.2) is 0 Å². The summed E-state index contributed by atoms with van der Waals surface area (Å²) in [7, 11) is 0. The Bertz CT molecular complexity index is 1180. The zero-order valence-corrected chi connectivity index (χ0v) is 17.6. The first kappa shape index (κ1) is 21.3. The van der Waals surface area contributed by atoms with Crippen LogP contribution in [0, 0.1) is 0 Å². The van der Waals surface area contributed by atoms with E-state index in [2.05, 4.69) is 41.4 Å². The van der Waals surface area contributed by atoms with Gasteiger partial charge >= 0.3 is 5.69 Å². The highest BCUT2D eigenvalue weighted by Gasteiger charge is 2.37. The van der Waals surface area contributed by atoms with Crippen molar-refractivity contribution >= 4 is 0 Å². The third kappa shape index (κ3) is 4.53. The average Bonchev–Trinajstić information content (AvgIpc) is 2.84. The summed E-state index contributed by atoms with van der Waals surface area (Å²) in [5.74, 6) is 0. The van der Waals surface area contributed by atoms with Crippen molar-refractivity contribution in [1.82, 2.24) is 9.55 Å². The van der Waals surface area contributed by atoms with Crippen LogP contribution in [-0.4, -0.2) is 16.2 Å². The Hall–Kier alpha value is -3.96. The van der Waals surface area contributed by atoms with Crippen molar-refractivity contribution in [1.29, 1.82) is 0 Å². The Kier molecular flexibility index (Phi) is 6.58. The Morgan fingerprint density at radius 2 is 1.22 bits per heavy atom. The molecule has 1 aromatic heterocycles. The topological polar surface area (TPSA) is 64.1 Å². The summed E-state index contributed by atoms with van der Waals surface area (Å²) in [6, 6.07) is 31.8. The van der Waals surface area contributed by atoms with E-state index >= 15 is 0 Å². The van der Waals surface area contributed by atoms with E-state index in [0.29, 0.717) is 13.2 Å².